The van der Waals surface area contributed by atoms with Crippen LogP contribution in [-0.4, -0.2) is 23.6 Å². The highest BCUT2D eigenvalue weighted by atomic mass is 16.5. The summed E-state index contributed by atoms with van der Waals surface area (Å²) < 4.78 is 5.43. The van der Waals surface area contributed by atoms with Crippen molar-refractivity contribution < 1.29 is 4.74 Å². The van der Waals surface area contributed by atoms with Crippen molar-refractivity contribution in [3.63, 3.8) is 0 Å². The smallest absolute Gasteiger partial charge is 0.168 e. The highest BCUT2D eigenvalue weighted by Crippen LogP contribution is 2.38. The molecule has 0 saturated heterocycles. The van der Waals surface area contributed by atoms with Gasteiger partial charge in [0.25, 0.3) is 0 Å². The summed E-state index contributed by atoms with van der Waals surface area (Å²) in [6.07, 6.45) is 9.87. The second-order valence-electron chi connectivity index (χ2n) is 7.66. The Morgan fingerprint density at radius 1 is 1.28 bits per heavy atom. The number of amidine groups is 1. The van der Waals surface area contributed by atoms with Crippen LogP contribution in [0.3, 0.4) is 0 Å². The molecule has 1 heterocycles. The molecule has 1 aliphatic carbocycles. The highest BCUT2D eigenvalue weighted by Gasteiger charge is 2.23. The molecule has 0 amide bonds. The van der Waals surface area contributed by atoms with Gasteiger partial charge in [0.1, 0.15) is 11.4 Å². The molecule has 1 aromatic heterocycles. The number of ether oxygens (including phenoxy) is 1. The number of benzene rings is 1. The first-order valence-corrected chi connectivity index (χ1v) is 10.6. The summed E-state index contributed by atoms with van der Waals surface area (Å²) in [5.74, 6) is 7.06. The van der Waals surface area contributed by atoms with Gasteiger partial charge in [-0.25, -0.2) is 0 Å². The molecule has 6 nitrogen and oxygen atoms in total. The summed E-state index contributed by atoms with van der Waals surface area (Å²) >= 11 is 0. The van der Waals surface area contributed by atoms with Gasteiger partial charge in [-0.3, -0.25) is 4.99 Å². The van der Waals surface area contributed by atoms with Crippen LogP contribution in [0.1, 0.15) is 69.5 Å². The van der Waals surface area contributed by atoms with Gasteiger partial charge in [0.2, 0.25) is 0 Å². The average molecular weight is 396 g/mol. The molecular weight excluding hydrogens is 362 g/mol. The molecule has 156 valence electrons. The van der Waals surface area contributed by atoms with Gasteiger partial charge < -0.3 is 21.3 Å². The monoisotopic (exact) mass is 395 g/mol. The lowest BCUT2D eigenvalue weighted by Gasteiger charge is -2.22. The molecular formula is C23H33N5O. The Labute approximate surface area is 173 Å². The van der Waals surface area contributed by atoms with Crippen molar-refractivity contribution in [1.82, 2.24) is 4.98 Å². The van der Waals surface area contributed by atoms with Crippen molar-refractivity contribution in [2.75, 3.05) is 7.11 Å². The average Bonchev–Trinajstić information content (AvgIpc) is 3.13. The maximum atomic E-state index is 5.90. The maximum Gasteiger partial charge on any atom is 0.168 e. The van der Waals surface area contributed by atoms with E-state index in [1.165, 1.54) is 48.7 Å². The second-order valence-corrected chi connectivity index (χ2v) is 7.66. The van der Waals surface area contributed by atoms with E-state index in [0.29, 0.717) is 11.6 Å². The van der Waals surface area contributed by atoms with Crippen LogP contribution in [0.2, 0.25) is 0 Å². The minimum atomic E-state index is 0.259. The molecule has 6 heteroatoms. The number of rotatable bonds is 7. The summed E-state index contributed by atoms with van der Waals surface area (Å²) in [6.45, 7) is 4.02. The molecule has 2 aromatic rings. The summed E-state index contributed by atoms with van der Waals surface area (Å²) in [5.41, 5.74) is 11.4. The third-order valence-electron chi connectivity index (χ3n) is 5.90. The number of aliphatic imine (C=N–C) groups is 1. The third kappa shape index (κ3) is 4.63. The van der Waals surface area contributed by atoms with Crippen LogP contribution < -0.4 is 16.3 Å². The number of allylic oxidation sites excluding steroid dienone is 1. The Morgan fingerprint density at radius 2 is 2.03 bits per heavy atom. The van der Waals surface area contributed by atoms with E-state index < -0.39 is 0 Å². The van der Waals surface area contributed by atoms with Crippen LogP contribution in [0, 0.1) is 0 Å². The summed E-state index contributed by atoms with van der Waals surface area (Å²) in [6, 6.07) is 6.28. The van der Waals surface area contributed by atoms with E-state index in [1.54, 1.807) is 7.11 Å². The van der Waals surface area contributed by atoms with Crippen LogP contribution in [0.25, 0.3) is 10.9 Å². The molecule has 5 N–H and O–H groups in total. The number of nitrogens with two attached hydrogens (primary N) is 2. The van der Waals surface area contributed by atoms with Gasteiger partial charge in [0.15, 0.2) is 5.84 Å². The lowest BCUT2D eigenvalue weighted by Crippen LogP contribution is -2.17. The fourth-order valence-corrected chi connectivity index (χ4v) is 4.27. The van der Waals surface area contributed by atoms with Gasteiger partial charge in [-0.1, -0.05) is 32.3 Å². The SMILES string of the molecule is C/C=C(N=C(CC)Cc1c(C2CCCCC2)[nH]c2cc(OC)ccc12)/C(N)=N/N. The first-order chi connectivity index (χ1) is 14.1. The van der Waals surface area contributed by atoms with Crippen molar-refractivity contribution in [2.45, 2.75) is 64.7 Å². The number of nitrogens with zero attached hydrogens (tertiary/aromatic N) is 2. The van der Waals surface area contributed by atoms with Gasteiger partial charge in [0, 0.05) is 34.8 Å². The van der Waals surface area contributed by atoms with Crippen LogP contribution in [0.15, 0.2) is 40.1 Å². The molecule has 1 aliphatic rings. The van der Waals surface area contributed by atoms with Crippen molar-refractivity contribution >= 4 is 22.5 Å². The lowest BCUT2D eigenvalue weighted by atomic mass is 9.84. The normalized spacial score (nSPS) is 17.1. The van der Waals surface area contributed by atoms with E-state index in [4.69, 9.17) is 21.3 Å². The van der Waals surface area contributed by atoms with Crippen molar-refractivity contribution in [2.24, 2.45) is 21.7 Å². The zero-order valence-corrected chi connectivity index (χ0v) is 17.8. The highest BCUT2D eigenvalue weighted by molar-refractivity contribution is 6.01. The number of aromatic nitrogens is 1. The Hall–Kier alpha value is -2.76. The van der Waals surface area contributed by atoms with Crippen LogP contribution >= 0.6 is 0 Å². The largest absolute Gasteiger partial charge is 0.497 e. The number of hydrogen-bond donors (Lipinski definition) is 3. The van der Waals surface area contributed by atoms with Crippen molar-refractivity contribution in [3.8, 4) is 5.75 Å². The first-order valence-electron chi connectivity index (χ1n) is 10.6. The number of hydrogen-bond acceptors (Lipinski definition) is 4. The van der Waals surface area contributed by atoms with E-state index in [2.05, 4.69) is 29.1 Å². The lowest BCUT2D eigenvalue weighted by molar-refractivity contribution is 0.415. The van der Waals surface area contributed by atoms with E-state index in [-0.39, 0.29) is 5.84 Å². The molecule has 0 radical (unpaired) electrons. The van der Waals surface area contributed by atoms with Crippen LogP contribution in [-0.2, 0) is 6.42 Å². The molecule has 29 heavy (non-hydrogen) atoms. The number of hydrazone groups is 1. The summed E-state index contributed by atoms with van der Waals surface area (Å²) in [4.78, 5) is 8.51. The number of aromatic amines is 1. The van der Waals surface area contributed by atoms with Gasteiger partial charge in [-0.2, -0.15) is 5.10 Å². The molecule has 1 fully saturated rings. The standard InChI is InChI=1S/C23H33N5O/c1-4-16(26-20(5-2)23(24)28-25)13-19-18-12-11-17(29-3)14-21(18)27-22(19)15-9-7-6-8-10-15/h5,11-12,14-15,27H,4,6-10,13,25H2,1-3H3,(H2,24,28)/b20-5-,26-16?. The number of fused-ring (bicyclic) bond motifs is 1. The Morgan fingerprint density at radius 3 is 2.66 bits per heavy atom. The van der Waals surface area contributed by atoms with Crippen LogP contribution in [0.4, 0.5) is 0 Å². The minimum Gasteiger partial charge on any atom is -0.497 e. The molecule has 0 unspecified atom stereocenters. The minimum absolute atomic E-state index is 0.259. The van der Waals surface area contributed by atoms with Crippen molar-refractivity contribution in [1.29, 1.82) is 0 Å². The zero-order valence-electron chi connectivity index (χ0n) is 17.8. The van der Waals surface area contributed by atoms with Gasteiger partial charge in [0.05, 0.1) is 7.11 Å². The van der Waals surface area contributed by atoms with E-state index in [9.17, 15) is 0 Å². The molecule has 0 spiro atoms. The van der Waals surface area contributed by atoms with Gasteiger partial charge in [-0.05, 0) is 49.8 Å². The molecule has 3 rings (SSSR count). The number of methoxy groups -OCH3 is 1. The Balaban J connectivity index is 2.05. The molecule has 0 atom stereocenters. The molecule has 0 bridgehead atoms. The molecule has 1 aromatic carbocycles. The molecule has 1 saturated carbocycles. The maximum absolute atomic E-state index is 5.90. The third-order valence-corrected chi connectivity index (χ3v) is 5.90. The Kier molecular flexibility index (Phi) is 6.96. The van der Waals surface area contributed by atoms with E-state index in [0.717, 1.165) is 29.8 Å². The predicted octanol–water partition coefficient (Wildman–Crippen LogP) is 4.75. The zero-order chi connectivity index (χ0) is 20.8. The fourth-order valence-electron chi connectivity index (χ4n) is 4.27. The summed E-state index contributed by atoms with van der Waals surface area (Å²) in [5, 5.41) is 4.85. The van der Waals surface area contributed by atoms with E-state index in [1.807, 2.05) is 19.1 Å². The number of nitrogens with one attached hydrogen (secondary N) is 1. The quantitative estimate of drug-likeness (QED) is 0.273. The van der Waals surface area contributed by atoms with Crippen molar-refractivity contribution in [3.05, 3.63) is 41.2 Å². The van der Waals surface area contributed by atoms with E-state index >= 15 is 0 Å². The predicted molar refractivity (Wildman–Crippen MR) is 122 cm³/mol. The molecule has 0 aliphatic heterocycles. The summed E-state index contributed by atoms with van der Waals surface area (Å²) in [7, 11) is 1.71. The van der Waals surface area contributed by atoms with Crippen LogP contribution in [0.5, 0.6) is 5.75 Å². The second kappa shape index (κ2) is 9.63. The van der Waals surface area contributed by atoms with Gasteiger partial charge in [-0.15, -0.1) is 0 Å². The first kappa shape index (κ1) is 21.0. The van der Waals surface area contributed by atoms with Gasteiger partial charge >= 0.3 is 0 Å². The topological polar surface area (TPSA) is 102 Å². The Bertz CT molecular complexity index is 932. The number of H-pyrrole nitrogens is 1. The fraction of sp³-hybridized carbons (Fsp3) is 0.478.